The van der Waals surface area contributed by atoms with Gasteiger partial charge in [0.1, 0.15) is 0 Å². The highest BCUT2D eigenvalue weighted by Gasteiger charge is 2.06. The van der Waals surface area contributed by atoms with Crippen molar-refractivity contribution in [1.82, 2.24) is 5.43 Å². The number of hydrogen-bond acceptors (Lipinski definition) is 2. The molecule has 0 radical (unpaired) electrons. The van der Waals surface area contributed by atoms with Crippen LogP contribution in [0.4, 0.5) is 0 Å². The van der Waals surface area contributed by atoms with Crippen LogP contribution in [0.3, 0.4) is 0 Å². The quantitative estimate of drug-likeness (QED) is 0.430. The minimum Gasteiger partial charge on any atom is -1.00 e. The molecule has 0 aliphatic carbocycles. The van der Waals surface area contributed by atoms with Crippen LogP contribution in [0.25, 0.3) is 0 Å². The van der Waals surface area contributed by atoms with Gasteiger partial charge in [-0.25, -0.2) is 5.43 Å². The second-order valence-electron chi connectivity index (χ2n) is 3.89. The van der Waals surface area contributed by atoms with Gasteiger partial charge in [0.2, 0.25) is 6.54 Å². The highest BCUT2D eigenvalue weighted by molar-refractivity contribution is 6.30. The molecule has 1 aromatic heterocycles. The lowest BCUT2D eigenvalue weighted by molar-refractivity contribution is -0.684. The second-order valence-corrected chi connectivity index (χ2v) is 4.33. The molecular formula is C14H13Cl2N3O. The van der Waals surface area contributed by atoms with Crippen LogP contribution in [-0.4, -0.2) is 12.1 Å². The average molecular weight is 310 g/mol. The Morgan fingerprint density at radius 3 is 2.50 bits per heavy atom. The lowest BCUT2D eigenvalue weighted by Gasteiger charge is -1.96. The van der Waals surface area contributed by atoms with Crippen LogP contribution in [0.2, 0.25) is 5.02 Å². The Hall–Kier alpha value is -1.91. The van der Waals surface area contributed by atoms with Crippen LogP contribution in [-0.2, 0) is 11.3 Å². The Morgan fingerprint density at radius 1 is 1.20 bits per heavy atom. The highest BCUT2D eigenvalue weighted by Crippen LogP contribution is 2.07. The van der Waals surface area contributed by atoms with E-state index in [4.69, 9.17) is 11.6 Å². The average Bonchev–Trinajstić information content (AvgIpc) is 2.42. The lowest BCUT2D eigenvalue weighted by atomic mass is 10.2. The fraction of sp³-hybridized carbons (Fsp3) is 0.0714. The van der Waals surface area contributed by atoms with Crippen molar-refractivity contribution in [3.63, 3.8) is 0 Å². The van der Waals surface area contributed by atoms with Crippen LogP contribution in [0, 0.1) is 0 Å². The summed E-state index contributed by atoms with van der Waals surface area (Å²) < 4.78 is 1.77. The smallest absolute Gasteiger partial charge is 0.305 e. The third kappa shape index (κ3) is 5.38. The molecule has 0 spiro atoms. The van der Waals surface area contributed by atoms with E-state index in [2.05, 4.69) is 10.5 Å². The highest BCUT2D eigenvalue weighted by atomic mass is 35.5. The number of nitrogens with zero attached hydrogens (tertiary/aromatic N) is 2. The van der Waals surface area contributed by atoms with Gasteiger partial charge in [0.15, 0.2) is 12.4 Å². The normalized spacial score (nSPS) is 10.1. The minimum absolute atomic E-state index is 0. The van der Waals surface area contributed by atoms with E-state index < -0.39 is 0 Å². The molecule has 0 bridgehead atoms. The lowest BCUT2D eigenvalue weighted by Crippen LogP contribution is -3.00. The number of carbonyl (C=O) groups excluding carboxylic acids is 1. The van der Waals surface area contributed by atoms with Crippen molar-refractivity contribution >= 4 is 23.7 Å². The van der Waals surface area contributed by atoms with Crippen LogP contribution < -0.4 is 22.4 Å². The first-order chi connectivity index (χ1) is 9.24. The van der Waals surface area contributed by atoms with Crippen LogP contribution in [0.5, 0.6) is 0 Å². The Kier molecular flexibility index (Phi) is 6.70. The molecule has 0 saturated carbocycles. The maximum Gasteiger partial charge on any atom is 0.305 e. The summed E-state index contributed by atoms with van der Waals surface area (Å²) in [6.07, 6.45) is 5.22. The van der Waals surface area contributed by atoms with Gasteiger partial charge in [0.05, 0.1) is 6.21 Å². The standard InChI is InChI=1S/C14H12ClN3O.ClH/c15-13-6-4-12(5-7-13)10-16-17-14(19)11-18-8-2-1-3-9-18;/h1-10H,11H2;1H/b16-10+;. The fourth-order valence-electron chi connectivity index (χ4n) is 1.47. The number of benzene rings is 1. The molecule has 0 atom stereocenters. The number of hydrogen-bond donors (Lipinski definition) is 1. The van der Waals surface area contributed by atoms with Crippen molar-refractivity contribution in [1.29, 1.82) is 0 Å². The van der Waals surface area contributed by atoms with Crippen molar-refractivity contribution in [2.45, 2.75) is 6.54 Å². The number of aromatic nitrogens is 1. The molecule has 6 heteroatoms. The zero-order valence-corrected chi connectivity index (χ0v) is 12.1. The maximum absolute atomic E-state index is 11.6. The van der Waals surface area contributed by atoms with Crippen LogP contribution in [0.15, 0.2) is 60.0 Å². The van der Waals surface area contributed by atoms with E-state index in [1.54, 1.807) is 22.9 Å². The summed E-state index contributed by atoms with van der Waals surface area (Å²) in [7, 11) is 0. The van der Waals surface area contributed by atoms with Crippen LogP contribution >= 0.6 is 11.6 Å². The molecule has 2 aromatic rings. The number of pyridine rings is 1. The van der Waals surface area contributed by atoms with Crippen molar-refractivity contribution in [3.05, 3.63) is 65.4 Å². The summed E-state index contributed by atoms with van der Waals surface area (Å²) in [6, 6.07) is 12.8. The first-order valence-corrected chi connectivity index (χ1v) is 6.13. The molecule has 0 saturated heterocycles. The van der Waals surface area contributed by atoms with Crippen molar-refractivity contribution < 1.29 is 21.8 Å². The van der Waals surface area contributed by atoms with E-state index in [-0.39, 0.29) is 24.9 Å². The molecule has 1 aromatic carbocycles. The second kappa shape index (κ2) is 8.30. The minimum atomic E-state index is -0.179. The maximum atomic E-state index is 11.6. The summed E-state index contributed by atoms with van der Waals surface area (Å²) in [6.45, 7) is 0.235. The molecule has 1 amide bonds. The first-order valence-electron chi connectivity index (χ1n) is 5.75. The molecule has 4 nitrogen and oxygen atoms in total. The SMILES string of the molecule is O=C(C[n+]1ccccc1)N/N=C/c1ccc(Cl)cc1.[Cl-]. The molecular weight excluding hydrogens is 297 g/mol. The van der Waals surface area contributed by atoms with Crippen molar-refractivity contribution in [2.24, 2.45) is 5.10 Å². The van der Waals surface area contributed by atoms with Gasteiger partial charge in [-0.15, -0.1) is 0 Å². The topological polar surface area (TPSA) is 45.3 Å². The van der Waals surface area contributed by atoms with E-state index in [0.717, 1.165) is 5.56 Å². The predicted molar refractivity (Wildman–Crippen MR) is 73.8 cm³/mol. The van der Waals surface area contributed by atoms with E-state index in [0.29, 0.717) is 5.02 Å². The first kappa shape index (κ1) is 16.1. The Bertz CT molecular complexity index is 571. The zero-order valence-electron chi connectivity index (χ0n) is 10.5. The van der Waals surface area contributed by atoms with Gasteiger partial charge in [-0.2, -0.15) is 9.67 Å². The van der Waals surface area contributed by atoms with Gasteiger partial charge in [-0.05, 0) is 17.7 Å². The van der Waals surface area contributed by atoms with Gasteiger partial charge < -0.3 is 12.4 Å². The fourth-order valence-corrected chi connectivity index (χ4v) is 1.59. The number of amides is 1. The zero-order chi connectivity index (χ0) is 13.5. The Morgan fingerprint density at radius 2 is 1.85 bits per heavy atom. The van der Waals surface area contributed by atoms with E-state index >= 15 is 0 Å². The Labute approximate surface area is 128 Å². The van der Waals surface area contributed by atoms with Crippen LogP contribution in [0.1, 0.15) is 5.56 Å². The van der Waals surface area contributed by atoms with Crippen molar-refractivity contribution in [3.8, 4) is 0 Å². The number of carbonyl (C=O) groups is 1. The van der Waals surface area contributed by atoms with Gasteiger partial charge in [0, 0.05) is 17.2 Å². The summed E-state index contributed by atoms with van der Waals surface area (Å²) in [5, 5.41) is 4.55. The molecule has 104 valence electrons. The number of nitrogens with one attached hydrogen (secondary N) is 1. The molecule has 2 rings (SSSR count). The third-order valence-electron chi connectivity index (χ3n) is 2.38. The summed E-state index contributed by atoms with van der Waals surface area (Å²) in [4.78, 5) is 11.6. The van der Waals surface area contributed by atoms with Crippen molar-refractivity contribution in [2.75, 3.05) is 0 Å². The van der Waals surface area contributed by atoms with Gasteiger partial charge in [0.25, 0.3) is 0 Å². The summed E-state index contributed by atoms with van der Waals surface area (Å²) in [5.41, 5.74) is 3.34. The number of hydrazone groups is 1. The Balaban J connectivity index is 0.00000200. The molecule has 20 heavy (non-hydrogen) atoms. The van der Waals surface area contributed by atoms with Gasteiger partial charge in [-0.3, -0.25) is 4.79 Å². The van der Waals surface area contributed by atoms with E-state index in [1.807, 2.05) is 42.7 Å². The third-order valence-corrected chi connectivity index (χ3v) is 2.63. The number of halogens is 2. The molecule has 0 aliphatic heterocycles. The summed E-state index contributed by atoms with van der Waals surface area (Å²) >= 11 is 5.77. The molecule has 0 aliphatic rings. The largest absolute Gasteiger partial charge is 1.00 e. The molecule has 1 heterocycles. The number of rotatable bonds is 4. The molecule has 1 N–H and O–H groups in total. The van der Waals surface area contributed by atoms with Gasteiger partial charge in [-0.1, -0.05) is 29.8 Å². The molecule has 0 fully saturated rings. The monoisotopic (exact) mass is 309 g/mol. The van der Waals surface area contributed by atoms with E-state index in [1.165, 1.54) is 0 Å². The van der Waals surface area contributed by atoms with E-state index in [9.17, 15) is 4.79 Å². The molecule has 0 unspecified atom stereocenters. The van der Waals surface area contributed by atoms with Gasteiger partial charge >= 0.3 is 5.91 Å². The summed E-state index contributed by atoms with van der Waals surface area (Å²) in [5.74, 6) is -0.179. The predicted octanol–water partition coefficient (Wildman–Crippen LogP) is -1.22.